The molecule has 1 aliphatic heterocycles. The highest BCUT2D eigenvalue weighted by molar-refractivity contribution is 5.89. The predicted molar refractivity (Wildman–Crippen MR) is 55.5 cm³/mol. The third kappa shape index (κ3) is 2.43. The molecule has 0 aromatic heterocycles. The van der Waals surface area contributed by atoms with E-state index in [4.69, 9.17) is 9.84 Å². The number of rotatable bonds is 5. The Morgan fingerprint density at radius 2 is 2.07 bits per heavy atom. The molecule has 0 aromatic carbocycles. The first kappa shape index (κ1) is 11.9. The normalized spacial score (nSPS) is 23.1. The fourth-order valence-corrected chi connectivity index (χ4v) is 1.82. The molecule has 0 fully saturated rings. The van der Waals surface area contributed by atoms with Crippen LogP contribution in [0.25, 0.3) is 0 Å². The zero-order valence-electron chi connectivity index (χ0n) is 9.19. The molecule has 0 saturated carbocycles. The number of aliphatic hydroxyl groups excluding tert-OH is 2. The molecule has 0 spiro atoms. The van der Waals surface area contributed by atoms with Gasteiger partial charge < -0.3 is 14.9 Å². The Balaban J connectivity index is 2.67. The summed E-state index contributed by atoms with van der Waals surface area (Å²) >= 11 is 0. The van der Waals surface area contributed by atoms with Gasteiger partial charge in [-0.15, -0.1) is 0 Å². The number of hydrogen-bond donors (Lipinski definition) is 2. The van der Waals surface area contributed by atoms with Crippen LogP contribution in [0.5, 0.6) is 0 Å². The zero-order chi connectivity index (χ0) is 11.4. The molecule has 4 heteroatoms. The molecule has 15 heavy (non-hydrogen) atoms. The number of aliphatic hydroxyl groups is 2. The van der Waals surface area contributed by atoms with Crippen molar-refractivity contribution < 1.29 is 19.7 Å². The van der Waals surface area contributed by atoms with Crippen LogP contribution in [-0.4, -0.2) is 22.3 Å². The second-order valence-electron chi connectivity index (χ2n) is 3.87. The largest absolute Gasteiger partial charge is 0.505 e. The molecule has 0 aliphatic carbocycles. The van der Waals surface area contributed by atoms with Gasteiger partial charge in [0, 0.05) is 5.92 Å². The minimum Gasteiger partial charge on any atom is -0.505 e. The lowest BCUT2D eigenvalue weighted by Crippen LogP contribution is -2.23. The van der Waals surface area contributed by atoms with Gasteiger partial charge in [-0.1, -0.05) is 26.7 Å². The van der Waals surface area contributed by atoms with Crippen molar-refractivity contribution in [1.82, 2.24) is 0 Å². The van der Waals surface area contributed by atoms with Crippen LogP contribution < -0.4 is 0 Å². The van der Waals surface area contributed by atoms with Crippen molar-refractivity contribution in [2.24, 2.45) is 5.92 Å². The van der Waals surface area contributed by atoms with Crippen LogP contribution in [0.2, 0.25) is 0 Å². The number of unbranched alkanes of at least 4 members (excludes halogenated alkanes) is 1. The van der Waals surface area contributed by atoms with Gasteiger partial charge >= 0.3 is 5.97 Å². The third-order valence-electron chi connectivity index (χ3n) is 2.82. The van der Waals surface area contributed by atoms with Crippen molar-refractivity contribution >= 4 is 5.97 Å². The highest BCUT2D eigenvalue weighted by Crippen LogP contribution is 2.29. The van der Waals surface area contributed by atoms with Crippen molar-refractivity contribution in [3.05, 3.63) is 11.5 Å². The molecule has 2 N–H and O–H groups in total. The van der Waals surface area contributed by atoms with E-state index in [0.717, 1.165) is 25.7 Å². The van der Waals surface area contributed by atoms with E-state index in [9.17, 15) is 9.90 Å². The molecule has 0 bridgehead atoms. The van der Waals surface area contributed by atoms with Crippen molar-refractivity contribution in [3.8, 4) is 0 Å². The van der Waals surface area contributed by atoms with E-state index < -0.39 is 17.8 Å². The van der Waals surface area contributed by atoms with Gasteiger partial charge in [-0.2, -0.15) is 0 Å². The minimum absolute atomic E-state index is 0.0959. The van der Waals surface area contributed by atoms with Gasteiger partial charge in [0.1, 0.15) is 0 Å². The van der Waals surface area contributed by atoms with Gasteiger partial charge in [0.15, 0.2) is 11.9 Å². The van der Waals surface area contributed by atoms with E-state index in [1.54, 1.807) is 0 Å². The SMILES string of the molecule is CCCCC(CC)C1OC(=O)C(O)=C1O. The Kier molecular flexibility index (Phi) is 4.00. The smallest absolute Gasteiger partial charge is 0.377 e. The number of esters is 1. The van der Waals surface area contributed by atoms with E-state index in [1.807, 2.05) is 6.92 Å². The maximum absolute atomic E-state index is 11.0. The molecule has 86 valence electrons. The van der Waals surface area contributed by atoms with Crippen LogP contribution in [0.4, 0.5) is 0 Å². The average molecular weight is 214 g/mol. The summed E-state index contributed by atoms with van der Waals surface area (Å²) < 4.78 is 4.92. The fraction of sp³-hybridized carbons (Fsp3) is 0.727. The molecule has 0 saturated heterocycles. The van der Waals surface area contributed by atoms with E-state index in [-0.39, 0.29) is 11.7 Å². The second-order valence-corrected chi connectivity index (χ2v) is 3.87. The molecule has 2 unspecified atom stereocenters. The lowest BCUT2D eigenvalue weighted by Gasteiger charge is -2.20. The maximum atomic E-state index is 11.0. The van der Waals surface area contributed by atoms with Crippen molar-refractivity contribution in [2.75, 3.05) is 0 Å². The third-order valence-corrected chi connectivity index (χ3v) is 2.82. The summed E-state index contributed by atoms with van der Waals surface area (Å²) in [4.78, 5) is 11.0. The molecule has 0 amide bonds. The highest BCUT2D eigenvalue weighted by Gasteiger charge is 2.38. The molecular formula is C11H18O4. The van der Waals surface area contributed by atoms with Crippen LogP contribution in [-0.2, 0) is 9.53 Å². The monoisotopic (exact) mass is 214 g/mol. The first-order valence-electron chi connectivity index (χ1n) is 5.44. The van der Waals surface area contributed by atoms with Crippen LogP contribution in [0.3, 0.4) is 0 Å². The molecule has 2 atom stereocenters. The first-order chi connectivity index (χ1) is 7.11. The predicted octanol–water partition coefficient (Wildman–Crippen LogP) is 2.46. The fourth-order valence-electron chi connectivity index (χ4n) is 1.82. The van der Waals surface area contributed by atoms with Gasteiger partial charge in [-0.3, -0.25) is 0 Å². The summed E-state index contributed by atoms with van der Waals surface area (Å²) in [5.41, 5.74) is 0. The maximum Gasteiger partial charge on any atom is 0.377 e. The molecule has 1 heterocycles. The molecule has 0 radical (unpaired) electrons. The molecule has 1 aliphatic rings. The number of carbonyl (C=O) groups excluding carboxylic acids is 1. The Morgan fingerprint density at radius 3 is 2.47 bits per heavy atom. The number of carbonyl (C=O) groups is 1. The Hall–Kier alpha value is -1.19. The van der Waals surface area contributed by atoms with Crippen LogP contribution >= 0.6 is 0 Å². The van der Waals surface area contributed by atoms with E-state index in [2.05, 4.69) is 6.92 Å². The van der Waals surface area contributed by atoms with Crippen molar-refractivity contribution in [1.29, 1.82) is 0 Å². The average Bonchev–Trinajstić information content (AvgIpc) is 2.48. The quantitative estimate of drug-likeness (QED) is 0.690. The first-order valence-corrected chi connectivity index (χ1v) is 5.44. The van der Waals surface area contributed by atoms with Crippen LogP contribution in [0, 0.1) is 5.92 Å². The van der Waals surface area contributed by atoms with Gasteiger partial charge in [0.2, 0.25) is 5.76 Å². The minimum atomic E-state index is -0.813. The Morgan fingerprint density at radius 1 is 1.40 bits per heavy atom. The molecule has 0 aromatic rings. The number of hydrogen-bond acceptors (Lipinski definition) is 4. The molecule has 1 rings (SSSR count). The number of ether oxygens (including phenoxy) is 1. The van der Waals surface area contributed by atoms with Crippen molar-refractivity contribution in [2.45, 2.75) is 45.6 Å². The summed E-state index contributed by atoms with van der Waals surface area (Å²) in [6.45, 7) is 4.07. The van der Waals surface area contributed by atoms with Crippen LogP contribution in [0.1, 0.15) is 39.5 Å². The lowest BCUT2D eigenvalue weighted by atomic mass is 9.92. The summed E-state index contributed by atoms with van der Waals surface area (Å²) in [7, 11) is 0. The molecular weight excluding hydrogens is 196 g/mol. The summed E-state index contributed by atoms with van der Waals surface area (Å²) in [6.07, 6.45) is 3.15. The van der Waals surface area contributed by atoms with Gasteiger partial charge in [-0.05, 0) is 12.8 Å². The summed E-state index contributed by atoms with van der Waals surface area (Å²) in [5.74, 6) is -1.65. The topological polar surface area (TPSA) is 66.8 Å². The van der Waals surface area contributed by atoms with Gasteiger partial charge in [0.05, 0.1) is 0 Å². The lowest BCUT2D eigenvalue weighted by molar-refractivity contribution is -0.144. The Labute approximate surface area is 89.6 Å². The second kappa shape index (κ2) is 5.05. The van der Waals surface area contributed by atoms with E-state index in [1.165, 1.54) is 0 Å². The summed E-state index contributed by atoms with van der Waals surface area (Å²) in [5, 5.41) is 18.7. The van der Waals surface area contributed by atoms with Gasteiger partial charge in [-0.25, -0.2) is 4.79 Å². The standard InChI is InChI=1S/C11H18O4/c1-3-5-6-7(4-2)10-8(12)9(13)11(14)15-10/h7,10,12-13H,3-6H2,1-2H3. The number of cyclic esters (lactones) is 1. The molecule has 4 nitrogen and oxygen atoms in total. The van der Waals surface area contributed by atoms with Crippen molar-refractivity contribution in [3.63, 3.8) is 0 Å². The van der Waals surface area contributed by atoms with Gasteiger partial charge in [0.25, 0.3) is 0 Å². The summed E-state index contributed by atoms with van der Waals surface area (Å²) in [6, 6.07) is 0. The Bertz CT molecular complexity index is 270. The zero-order valence-corrected chi connectivity index (χ0v) is 9.19. The van der Waals surface area contributed by atoms with E-state index in [0.29, 0.717) is 0 Å². The van der Waals surface area contributed by atoms with Crippen LogP contribution in [0.15, 0.2) is 11.5 Å². The highest BCUT2D eigenvalue weighted by atomic mass is 16.6. The van der Waals surface area contributed by atoms with E-state index >= 15 is 0 Å².